The molecule has 0 aromatic heterocycles. The summed E-state index contributed by atoms with van der Waals surface area (Å²) < 4.78 is 122. The van der Waals surface area contributed by atoms with E-state index in [1.54, 1.807) is 6.07 Å². The van der Waals surface area contributed by atoms with E-state index in [1.165, 1.54) is 24.3 Å². The summed E-state index contributed by atoms with van der Waals surface area (Å²) in [7, 11) is 0. The van der Waals surface area contributed by atoms with Crippen molar-refractivity contribution in [1.82, 2.24) is 0 Å². The number of rotatable bonds is 11. The van der Waals surface area contributed by atoms with Crippen LogP contribution in [0.4, 0.5) is 46.5 Å². The molecule has 0 saturated carbocycles. The molecule has 2 aromatic rings. The predicted molar refractivity (Wildman–Crippen MR) is 106 cm³/mol. The number of benzene rings is 2. The minimum Gasteiger partial charge on any atom is -0.493 e. The number of nitrogen functional groups attached to an aromatic ring is 2. The van der Waals surface area contributed by atoms with Crippen molar-refractivity contribution in [1.29, 1.82) is 5.26 Å². The van der Waals surface area contributed by atoms with Crippen LogP contribution in [0.2, 0.25) is 0 Å². The Morgan fingerprint density at radius 2 is 1.24 bits per heavy atom. The lowest BCUT2D eigenvalue weighted by Gasteiger charge is -2.36. The Morgan fingerprint density at radius 1 is 0.735 bits per heavy atom. The average Bonchev–Trinajstić information content (AvgIpc) is 2.75. The Hall–Kier alpha value is -3.43. The smallest absolute Gasteiger partial charge is 0.378 e. The van der Waals surface area contributed by atoms with Gasteiger partial charge in [0.1, 0.15) is 11.5 Å². The molecule has 0 bridgehead atoms. The molecule has 34 heavy (non-hydrogen) atoms. The van der Waals surface area contributed by atoms with Crippen LogP contribution in [-0.2, 0) is 0 Å². The van der Waals surface area contributed by atoms with Gasteiger partial charge in [-0.1, -0.05) is 0 Å². The lowest BCUT2D eigenvalue weighted by atomic mass is 9.95. The predicted octanol–water partition coefficient (Wildman–Crippen LogP) is 5.50. The Bertz CT molecular complexity index is 1020. The number of nitrogens with zero attached hydrogens (tertiary/aromatic N) is 1. The zero-order chi connectivity index (χ0) is 25.8. The third-order valence-electron chi connectivity index (χ3n) is 4.69. The number of alkyl halides is 8. The van der Waals surface area contributed by atoms with E-state index in [4.69, 9.17) is 26.2 Å². The first-order chi connectivity index (χ1) is 15.6. The minimum atomic E-state index is -6.42. The summed E-state index contributed by atoms with van der Waals surface area (Å²) in [6, 6.07) is 10.1. The third kappa shape index (κ3) is 5.55. The SMILES string of the molecule is N#Cc1ccc(OCCC(F)(F)C(F)(F)C(F)(F)C(F)(F)CCOc2ccc(N)cc2N)cc1. The van der Waals surface area contributed by atoms with Crippen LogP contribution in [0.5, 0.6) is 11.5 Å². The van der Waals surface area contributed by atoms with Gasteiger partial charge in [-0.3, -0.25) is 0 Å². The second-order valence-corrected chi connectivity index (χ2v) is 7.19. The molecule has 186 valence electrons. The number of nitriles is 1. The quantitative estimate of drug-likeness (QED) is 0.316. The van der Waals surface area contributed by atoms with Crippen molar-refractivity contribution < 1.29 is 44.6 Å². The van der Waals surface area contributed by atoms with Crippen LogP contribution >= 0.6 is 0 Å². The van der Waals surface area contributed by atoms with Crippen LogP contribution in [0.1, 0.15) is 18.4 Å². The van der Waals surface area contributed by atoms with E-state index >= 15 is 0 Å². The van der Waals surface area contributed by atoms with Gasteiger partial charge < -0.3 is 20.9 Å². The molecular weight excluding hydrogens is 478 g/mol. The van der Waals surface area contributed by atoms with Crippen molar-refractivity contribution in [3.05, 3.63) is 48.0 Å². The molecule has 5 nitrogen and oxygen atoms in total. The van der Waals surface area contributed by atoms with E-state index in [1.807, 2.05) is 0 Å². The number of halogens is 8. The van der Waals surface area contributed by atoms with Gasteiger partial charge in [0.25, 0.3) is 0 Å². The molecule has 0 fully saturated rings. The van der Waals surface area contributed by atoms with Crippen molar-refractivity contribution in [3.8, 4) is 17.6 Å². The van der Waals surface area contributed by atoms with E-state index < -0.39 is 49.7 Å². The number of hydrogen-bond donors (Lipinski definition) is 2. The molecule has 0 saturated heterocycles. The van der Waals surface area contributed by atoms with E-state index in [9.17, 15) is 35.1 Å². The molecule has 0 heterocycles. The molecule has 0 aliphatic carbocycles. The zero-order valence-corrected chi connectivity index (χ0v) is 17.3. The van der Waals surface area contributed by atoms with Crippen LogP contribution < -0.4 is 20.9 Å². The fourth-order valence-corrected chi connectivity index (χ4v) is 2.68. The summed E-state index contributed by atoms with van der Waals surface area (Å²) in [5.74, 6) is -24.3. The summed E-state index contributed by atoms with van der Waals surface area (Å²) in [4.78, 5) is 0. The Labute approximate surface area is 188 Å². The van der Waals surface area contributed by atoms with Gasteiger partial charge in [-0.25, -0.2) is 0 Å². The van der Waals surface area contributed by atoms with E-state index in [0.29, 0.717) is 0 Å². The molecule has 0 atom stereocenters. The highest BCUT2D eigenvalue weighted by molar-refractivity contribution is 5.60. The van der Waals surface area contributed by atoms with E-state index in [0.717, 1.165) is 18.2 Å². The summed E-state index contributed by atoms with van der Waals surface area (Å²) in [5, 5.41) is 8.65. The monoisotopic (exact) mass is 497 g/mol. The second-order valence-electron chi connectivity index (χ2n) is 7.19. The molecular formula is C21H19F8N3O2. The number of hydrogen-bond acceptors (Lipinski definition) is 5. The first-order valence-electron chi connectivity index (χ1n) is 9.56. The molecule has 0 unspecified atom stereocenters. The fourth-order valence-electron chi connectivity index (χ4n) is 2.68. The fraction of sp³-hybridized carbons (Fsp3) is 0.381. The Balaban J connectivity index is 2.03. The highest BCUT2D eigenvalue weighted by Crippen LogP contribution is 2.54. The Morgan fingerprint density at radius 3 is 1.71 bits per heavy atom. The van der Waals surface area contributed by atoms with Crippen LogP contribution in [0.15, 0.2) is 42.5 Å². The normalized spacial score (nSPS) is 12.8. The summed E-state index contributed by atoms with van der Waals surface area (Å²) in [6.45, 7) is -2.41. The van der Waals surface area contributed by atoms with Gasteiger partial charge in [0.05, 0.1) is 43.4 Å². The maximum atomic E-state index is 14.0. The third-order valence-corrected chi connectivity index (χ3v) is 4.69. The van der Waals surface area contributed by atoms with Crippen LogP contribution in [0.3, 0.4) is 0 Å². The topological polar surface area (TPSA) is 94.3 Å². The Kier molecular flexibility index (Phi) is 7.75. The molecule has 2 aromatic carbocycles. The van der Waals surface area contributed by atoms with Crippen LogP contribution in [0.25, 0.3) is 0 Å². The zero-order valence-electron chi connectivity index (χ0n) is 17.3. The molecule has 0 aliphatic heterocycles. The molecule has 0 amide bonds. The largest absolute Gasteiger partial charge is 0.493 e. The molecule has 2 rings (SSSR count). The minimum absolute atomic E-state index is 0.116. The van der Waals surface area contributed by atoms with Gasteiger partial charge in [0.2, 0.25) is 0 Å². The summed E-state index contributed by atoms with van der Waals surface area (Å²) in [5.41, 5.74) is 11.2. The lowest BCUT2D eigenvalue weighted by molar-refractivity contribution is -0.368. The average molecular weight is 497 g/mol. The highest BCUT2D eigenvalue weighted by Gasteiger charge is 2.79. The number of ether oxygens (including phenoxy) is 2. The second kappa shape index (κ2) is 9.82. The van der Waals surface area contributed by atoms with E-state index in [2.05, 4.69) is 0 Å². The standard InChI is InChI=1S/C21H19F8N3O2/c22-18(23,7-9-33-15-4-1-13(12-30)2-5-15)20(26,27)21(28,29)19(24,25)8-10-34-17-6-3-14(31)11-16(17)32/h1-6,11H,7-10,31-32H2. The molecule has 0 aliphatic rings. The van der Waals surface area contributed by atoms with Gasteiger partial charge in [-0.05, 0) is 42.5 Å². The van der Waals surface area contributed by atoms with E-state index in [-0.39, 0.29) is 28.4 Å². The van der Waals surface area contributed by atoms with Gasteiger partial charge >= 0.3 is 23.7 Å². The maximum absolute atomic E-state index is 14.0. The van der Waals surface area contributed by atoms with Gasteiger partial charge in [0.15, 0.2) is 0 Å². The van der Waals surface area contributed by atoms with Gasteiger partial charge in [-0.15, -0.1) is 0 Å². The first kappa shape index (κ1) is 26.8. The highest BCUT2D eigenvalue weighted by atomic mass is 19.4. The molecule has 4 N–H and O–H groups in total. The summed E-state index contributed by atoms with van der Waals surface area (Å²) in [6.07, 6.45) is -3.98. The van der Waals surface area contributed by atoms with Crippen molar-refractivity contribution in [2.24, 2.45) is 0 Å². The van der Waals surface area contributed by atoms with Crippen molar-refractivity contribution >= 4 is 11.4 Å². The lowest BCUT2D eigenvalue weighted by Crippen LogP contribution is -2.62. The van der Waals surface area contributed by atoms with Crippen molar-refractivity contribution in [3.63, 3.8) is 0 Å². The maximum Gasteiger partial charge on any atom is 0.378 e. The number of nitrogens with two attached hydrogens (primary N) is 2. The molecule has 0 spiro atoms. The van der Waals surface area contributed by atoms with Gasteiger partial charge in [0, 0.05) is 5.69 Å². The van der Waals surface area contributed by atoms with Crippen LogP contribution in [0, 0.1) is 11.3 Å². The van der Waals surface area contributed by atoms with Crippen molar-refractivity contribution in [2.45, 2.75) is 36.5 Å². The van der Waals surface area contributed by atoms with Gasteiger partial charge in [-0.2, -0.15) is 40.4 Å². The summed E-state index contributed by atoms with van der Waals surface area (Å²) >= 11 is 0. The molecule has 0 radical (unpaired) electrons. The first-order valence-corrected chi connectivity index (χ1v) is 9.56. The van der Waals surface area contributed by atoms with Crippen LogP contribution in [-0.4, -0.2) is 36.9 Å². The molecule has 13 heteroatoms. The number of anilines is 2. The van der Waals surface area contributed by atoms with Crippen molar-refractivity contribution in [2.75, 3.05) is 24.7 Å².